The molecule has 6 nitrogen and oxygen atoms in total. The molecule has 0 aliphatic carbocycles. The number of aromatic nitrogens is 2. The summed E-state index contributed by atoms with van der Waals surface area (Å²) in [6.45, 7) is 5.77. The summed E-state index contributed by atoms with van der Waals surface area (Å²) in [4.78, 5) is 18.0. The Morgan fingerprint density at radius 2 is 1.93 bits per heavy atom. The number of benzene rings is 2. The molecule has 1 aromatic heterocycles. The van der Waals surface area contributed by atoms with Crippen LogP contribution < -0.4 is 5.32 Å². The van der Waals surface area contributed by atoms with Crippen LogP contribution in [-0.4, -0.2) is 27.5 Å². The van der Waals surface area contributed by atoms with E-state index in [0.717, 1.165) is 16.9 Å². The number of halogens is 1. The minimum Gasteiger partial charge on any atom is -0.382 e. The zero-order valence-corrected chi connectivity index (χ0v) is 16.4. The number of carbonyl (C=O) groups excluding carboxylic acids is 1. The number of nitrogens with one attached hydrogen (secondary N) is 1. The maximum absolute atomic E-state index is 13.4. The fraction of sp³-hybridized carbons (Fsp3) is 0.227. The smallest absolute Gasteiger partial charge is 0.268 e. The first-order valence-corrected chi connectivity index (χ1v) is 9.35. The Bertz CT molecular complexity index is 1100. The number of hydrogen-bond donors (Lipinski definition) is 1. The van der Waals surface area contributed by atoms with Crippen molar-refractivity contribution in [2.45, 2.75) is 33.3 Å². The standard InChI is InChI=1S/C22H21FN4O2/c1-13-7-9-18(10-8-13)27-15(3)21(14(2)25-27)24-22(28)20-12-19(26-29-20)16-5-4-6-17(23)11-16/h4-11,20H,12H2,1-3H3,(H,24,28). The molecule has 1 N–H and O–H groups in total. The molecule has 2 heterocycles. The molecule has 0 saturated heterocycles. The quantitative estimate of drug-likeness (QED) is 0.728. The van der Waals surface area contributed by atoms with Crippen molar-refractivity contribution < 1.29 is 14.0 Å². The van der Waals surface area contributed by atoms with E-state index in [-0.39, 0.29) is 18.1 Å². The average Bonchev–Trinajstić information content (AvgIpc) is 3.30. The first-order chi connectivity index (χ1) is 13.9. The van der Waals surface area contributed by atoms with Crippen LogP contribution in [0.1, 0.15) is 28.9 Å². The number of oxime groups is 1. The molecule has 0 fully saturated rings. The van der Waals surface area contributed by atoms with Crippen molar-refractivity contribution in [3.8, 4) is 5.69 Å². The summed E-state index contributed by atoms with van der Waals surface area (Å²) in [6, 6.07) is 14.1. The van der Waals surface area contributed by atoms with Crippen molar-refractivity contribution in [2.24, 2.45) is 5.16 Å². The maximum atomic E-state index is 13.4. The van der Waals surface area contributed by atoms with Crippen molar-refractivity contribution in [1.82, 2.24) is 9.78 Å². The largest absolute Gasteiger partial charge is 0.382 e. The van der Waals surface area contributed by atoms with Crippen LogP contribution in [0, 0.1) is 26.6 Å². The van der Waals surface area contributed by atoms with Gasteiger partial charge in [0.25, 0.3) is 5.91 Å². The van der Waals surface area contributed by atoms with E-state index in [1.165, 1.54) is 12.1 Å². The molecule has 0 bridgehead atoms. The van der Waals surface area contributed by atoms with Crippen LogP contribution in [0.5, 0.6) is 0 Å². The van der Waals surface area contributed by atoms with Crippen LogP contribution in [0.3, 0.4) is 0 Å². The average molecular weight is 392 g/mol. The number of rotatable bonds is 4. The topological polar surface area (TPSA) is 68.5 Å². The van der Waals surface area contributed by atoms with Gasteiger partial charge in [-0.2, -0.15) is 5.10 Å². The third-order valence-electron chi connectivity index (χ3n) is 4.94. The summed E-state index contributed by atoms with van der Waals surface area (Å²) in [7, 11) is 0. The molecule has 1 atom stereocenters. The first kappa shape index (κ1) is 18.9. The molecule has 1 amide bonds. The zero-order valence-electron chi connectivity index (χ0n) is 16.4. The lowest BCUT2D eigenvalue weighted by molar-refractivity contribution is -0.125. The highest BCUT2D eigenvalue weighted by Gasteiger charge is 2.30. The Morgan fingerprint density at radius 3 is 2.66 bits per heavy atom. The summed E-state index contributed by atoms with van der Waals surface area (Å²) in [5.41, 5.74) is 5.43. The SMILES string of the molecule is Cc1ccc(-n2nc(C)c(NC(=O)C3CC(c4cccc(F)c4)=NO3)c2C)cc1. The first-order valence-electron chi connectivity index (χ1n) is 9.35. The monoisotopic (exact) mass is 392 g/mol. The van der Waals surface area contributed by atoms with E-state index in [1.807, 2.05) is 45.0 Å². The van der Waals surface area contributed by atoms with Gasteiger partial charge in [0.1, 0.15) is 5.82 Å². The summed E-state index contributed by atoms with van der Waals surface area (Å²) >= 11 is 0. The predicted octanol–water partition coefficient (Wildman–Crippen LogP) is 4.07. The van der Waals surface area contributed by atoms with Gasteiger partial charge in [-0.15, -0.1) is 0 Å². The Balaban J connectivity index is 1.49. The third kappa shape index (κ3) is 3.76. The number of aryl methyl sites for hydroxylation is 2. The molecule has 4 rings (SSSR count). The molecule has 0 spiro atoms. The zero-order chi connectivity index (χ0) is 20.5. The number of hydrogen-bond acceptors (Lipinski definition) is 4. The molecule has 1 aliphatic heterocycles. The Hall–Kier alpha value is -3.48. The van der Waals surface area contributed by atoms with Gasteiger partial charge in [0, 0.05) is 12.0 Å². The van der Waals surface area contributed by atoms with E-state index in [1.54, 1.807) is 16.8 Å². The summed E-state index contributed by atoms with van der Waals surface area (Å²) < 4.78 is 15.2. The molecule has 29 heavy (non-hydrogen) atoms. The molecule has 1 unspecified atom stereocenters. The van der Waals surface area contributed by atoms with E-state index in [2.05, 4.69) is 15.6 Å². The molecule has 0 saturated carbocycles. The van der Waals surface area contributed by atoms with Gasteiger partial charge in [0.2, 0.25) is 6.10 Å². The molecular weight excluding hydrogens is 371 g/mol. The van der Waals surface area contributed by atoms with E-state index in [4.69, 9.17) is 4.84 Å². The number of anilines is 1. The van der Waals surface area contributed by atoms with Gasteiger partial charge in [0.15, 0.2) is 0 Å². The Kier molecular flexibility index (Phi) is 4.88. The normalized spacial score (nSPS) is 15.7. The van der Waals surface area contributed by atoms with Gasteiger partial charge >= 0.3 is 0 Å². The molecule has 3 aromatic rings. The Morgan fingerprint density at radius 1 is 1.17 bits per heavy atom. The third-order valence-corrected chi connectivity index (χ3v) is 4.94. The van der Waals surface area contributed by atoms with Crippen LogP contribution in [0.25, 0.3) is 5.69 Å². The van der Waals surface area contributed by atoms with Crippen molar-refractivity contribution in [2.75, 3.05) is 5.32 Å². The fourth-order valence-electron chi connectivity index (χ4n) is 3.32. The lowest BCUT2D eigenvalue weighted by Crippen LogP contribution is -2.28. The summed E-state index contributed by atoms with van der Waals surface area (Å²) in [5, 5.41) is 11.4. The second-order valence-corrected chi connectivity index (χ2v) is 7.13. The minimum atomic E-state index is -0.769. The van der Waals surface area contributed by atoms with Gasteiger partial charge in [-0.05, 0) is 45.0 Å². The predicted molar refractivity (Wildman–Crippen MR) is 109 cm³/mol. The second kappa shape index (κ2) is 7.50. The van der Waals surface area contributed by atoms with Crippen LogP contribution >= 0.6 is 0 Å². The van der Waals surface area contributed by atoms with Crippen molar-refractivity contribution >= 4 is 17.3 Å². The van der Waals surface area contributed by atoms with E-state index in [0.29, 0.717) is 22.7 Å². The molecular formula is C22H21FN4O2. The summed E-state index contributed by atoms with van der Waals surface area (Å²) in [6.07, 6.45) is -0.491. The van der Waals surface area contributed by atoms with Gasteiger partial charge in [-0.1, -0.05) is 35.0 Å². The fourth-order valence-corrected chi connectivity index (χ4v) is 3.32. The molecule has 1 aliphatic rings. The van der Waals surface area contributed by atoms with Crippen LogP contribution in [0.4, 0.5) is 10.1 Å². The van der Waals surface area contributed by atoms with Gasteiger partial charge in [0.05, 0.1) is 28.5 Å². The van der Waals surface area contributed by atoms with Crippen LogP contribution in [0.2, 0.25) is 0 Å². The number of amides is 1. The van der Waals surface area contributed by atoms with Gasteiger partial charge in [-0.3, -0.25) is 4.79 Å². The number of nitrogens with zero attached hydrogens (tertiary/aromatic N) is 3. The van der Waals surface area contributed by atoms with E-state index < -0.39 is 6.10 Å². The number of carbonyl (C=O) groups is 1. The van der Waals surface area contributed by atoms with Crippen LogP contribution in [0.15, 0.2) is 53.7 Å². The highest BCUT2D eigenvalue weighted by molar-refractivity contribution is 6.06. The van der Waals surface area contributed by atoms with E-state index in [9.17, 15) is 9.18 Å². The molecule has 2 aromatic carbocycles. The maximum Gasteiger partial charge on any atom is 0.268 e. The van der Waals surface area contributed by atoms with Crippen LogP contribution in [-0.2, 0) is 9.63 Å². The molecule has 148 valence electrons. The Labute approximate surface area is 168 Å². The molecule has 0 radical (unpaired) electrons. The highest BCUT2D eigenvalue weighted by atomic mass is 19.1. The minimum absolute atomic E-state index is 0.277. The van der Waals surface area contributed by atoms with E-state index >= 15 is 0 Å². The van der Waals surface area contributed by atoms with Gasteiger partial charge < -0.3 is 10.2 Å². The summed E-state index contributed by atoms with van der Waals surface area (Å²) in [5.74, 6) is -0.664. The van der Waals surface area contributed by atoms with Gasteiger partial charge in [-0.25, -0.2) is 9.07 Å². The molecule has 7 heteroatoms. The van der Waals surface area contributed by atoms with Crippen molar-refractivity contribution in [3.63, 3.8) is 0 Å². The lowest BCUT2D eigenvalue weighted by Gasteiger charge is -2.10. The van der Waals surface area contributed by atoms with Crippen molar-refractivity contribution in [3.05, 3.63) is 76.9 Å². The lowest BCUT2D eigenvalue weighted by atomic mass is 10.0. The highest BCUT2D eigenvalue weighted by Crippen LogP contribution is 2.25. The van der Waals surface area contributed by atoms with Crippen molar-refractivity contribution in [1.29, 1.82) is 0 Å². The second-order valence-electron chi connectivity index (χ2n) is 7.13.